The predicted molar refractivity (Wildman–Crippen MR) is 274 cm³/mol. The smallest absolute Gasteiger partial charge is 0.297 e. The van der Waals surface area contributed by atoms with Crippen molar-refractivity contribution in [2.24, 2.45) is 11.3 Å². The van der Waals surface area contributed by atoms with Gasteiger partial charge < -0.3 is 44.2 Å². The molecule has 18 nitrogen and oxygen atoms in total. The van der Waals surface area contributed by atoms with E-state index in [1.54, 1.807) is 12.3 Å². The van der Waals surface area contributed by atoms with Gasteiger partial charge in [0.15, 0.2) is 11.4 Å². The second-order valence-electron chi connectivity index (χ2n) is 22.0. The average Bonchev–Trinajstić information content (AvgIpc) is 3.83. The Kier molecular flexibility index (Phi) is 12.1. The molecule has 12 rings (SSSR count). The summed E-state index contributed by atoms with van der Waals surface area (Å²) in [4.78, 5) is 41.6. The number of amides is 1. The van der Waals surface area contributed by atoms with E-state index in [0.717, 1.165) is 62.5 Å². The van der Waals surface area contributed by atoms with Gasteiger partial charge in [-0.3, -0.25) is 19.8 Å². The number of carbonyl (C=O) groups excluding carboxylic acids is 1. The number of nitro benzene ring substituents is 1. The first-order valence-corrected chi connectivity index (χ1v) is 27.4. The van der Waals surface area contributed by atoms with Crippen molar-refractivity contribution in [1.82, 2.24) is 19.6 Å². The summed E-state index contributed by atoms with van der Waals surface area (Å²) < 4.78 is 55.7. The minimum Gasteiger partial charge on any atom is -0.489 e. The number of pyridine rings is 1. The molecule has 3 saturated heterocycles. The second-order valence-corrected chi connectivity index (χ2v) is 23.7. The van der Waals surface area contributed by atoms with Gasteiger partial charge in [-0.15, -0.1) is 0 Å². The zero-order valence-electron chi connectivity index (χ0n) is 41.5. The number of nitrogens with zero attached hydrogens (tertiary/aromatic N) is 5. The van der Waals surface area contributed by atoms with Gasteiger partial charge in [0.05, 0.1) is 64.6 Å². The molecule has 2 aliphatic carbocycles. The number of rotatable bonds is 9. The Hall–Kier alpha value is -5.99. The minimum atomic E-state index is -4.72. The van der Waals surface area contributed by atoms with E-state index in [1.807, 2.05) is 31.2 Å². The Morgan fingerprint density at radius 2 is 1.75 bits per heavy atom. The van der Waals surface area contributed by atoms with Gasteiger partial charge in [0.2, 0.25) is 5.88 Å². The first-order chi connectivity index (χ1) is 35.1. The number of aliphatic hydroxyl groups is 1. The van der Waals surface area contributed by atoms with E-state index in [9.17, 15) is 28.4 Å². The topological polar surface area (TPSA) is 214 Å². The predicted octanol–water partition coefficient (Wildman–Crippen LogP) is 7.91. The summed E-state index contributed by atoms with van der Waals surface area (Å²) in [7, 11) is -4.72. The van der Waals surface area contributed by atoms with E-state index >= 15 is 0 Å². The number of aryl methyl sites for hydroxylation is 1. The van der Waals surface area contributed by atoms with Crippen LogP contribution >= 0.6 is 0 Å². The first kappa shape index (κ1) is 48.0. The maximum Gasteiger partial charge on any atom is 0.297 e. The quantitative estimate of drug-likeness (QED) is 0.0816. The average molecular weight is 1020 g/mol. The van der Waals surface area contributed by atoms with Crippen LogP contribution in [0.2, 0.25) is 0 Å². The highest BCUT2D eigenvalue weighted by Crippen LogP contribution is 2.55. The van der Waals surface area contributed by atoms with Crippen LogP contribution < -0.4 is 29.3 Å². The zero-order chi connectivity index (χ0) is 50.4. The van der Waals surface area contributed by atoms with E-state index in [-0.39, 0.29) is 59.1 Å². The molecule has 5 atom stereocenters. The molecular weight excluding hydrogens is 953 g/mol. The van der Waals surface area contributed by atoms with E-state index in [0.29, 0.717) is 80.9 Å². The number of hydrogen-bond donors (Lipinski definition) is 4. The fraction of sp³-hybridized carbons (Fsp3) is 0.519. The Bertz CT molecular complexity index is 3080. The molecule has 5 aromatic rings. The zero-order valence-corrected chi connectivity index (χ0v) is 42.4. The second kappa shape index (κ2) is 18.4. The number of sulfonamides is 1. The number of nitro groups is 1. The highest BCUT2D eigenvalue weighted by atomic mass is 32.2. The summed E-state index contributed by atoms with van der Waals surface area (Å²) in [6, 6.07) is 20.7. The van der Waals surface area contributed by atoms with Gasteiger partial charge in [0.25, 0.3) is 21.6 Å². The molecule has 2 saturated carbocycles. The van der Waals surface area contributed by atoms with Gasteiger partial charge in [0.1, 0.15) is 24.0 Å². The van der Waals surface area contributed by atoms with Crippen molar-refractivity contribution in [3.8, 4) is 11.6 Å². The molecule has 7 heterocycles. The number of aromatic amines is 1. The summed E-state index contributed by atoms with van der Waals surface area (Å²) in [6.07, 6.45) is 8.81. The van der Waals surface area contributed by atoms with Crippen molar-refractivity contribution in [2.75, 3.05) is 61.2 Å². The summed E-state index contributed by atoms with van der Waals surface area (Å²) in [5.41, 5.74) is 4.44. The number of carbonyl (C=O) groups is 1. The van der Waals surface area contributed by atoms with Crippen LogP contribution in [0.1, 0.15) is 99.2 Å². The SMILES string of the molecule is Cc1ccccc1[C@@H]1COCCN1C1CC2(CCN(c3ccc(C(=O)NS(=O)(=O)c4cc5c(c([N+](=O)[O-])c4)N[C@@H](C4CCC(C)(O)CC4)CO5)c(N4c5cc6cc[nH]c6nc5O[C@H]5COCC[C@@H]54)c3)[C@H](C)C2)C1. The molecule has 0 bridgehead atoms. The number of nitrogens with one attached hydrogen (secondary N) is 3. The van der Waals surface area contributed by atoms with E-state index in [2.05, 4.69) is 67.8 Å². The summed E-state index contributed by atoms with van der Waals surface area (Å²) >= 11 is 0. The normalized spacial score (nSPS) is 30.2. The molecule has 4 N–H and O–H groups in total. The number of anilines is 4. The van der Waals surface area contributed by atoms with Gasteiger partial charge in [-0.05, 0) is 131 Å². The monoisotopic (exact) mass is 1020 g/mol. The Morgan fingerprint density at radius 1 is 0.945 bits per heavy atom. The number of aromatic nitrogens is 2. The summed E-state index contributed by atoms with van der Waals surface area (Å²) in [5.74, 6) is -0.441. The standard InChI is InChI=1S/C54H64N8O10S/c1-32-6-4-5-7-39(32)46-30-70-21-19-60(46)37-27-54(28-37)16-18-59(33(2)26-54)36-8-9-40(43(23-36)61-42-13-20-69-31-48(42)72-52-45(61)22-35-12-17-55-50(35)57-52)51(63)58-73(67,68)38-24-44(62(65)66)49-47(25-38)71-29-41(56-49)34-10-14-53(3,64)15-11-34/h4-9,12,17,22-25,33-34,37,41-42,46,48,56,64H,10-11,13-16,18-21,26-31H2,1-3H3,(H,55,57)(H,58,63)/t33-,34?,37?,41-,42+,46+,48+,53?,54?/m1/s1. The number of morpholine rings is 1. The van der Waals surface area contributed by atoms with E-state index < -0.39 is 43.1 Å². The van der Waals surface area contributed by atoms with Crippen LogP contribution in [-0.4, -0.2) is 121 Å². The highest BCUT2D eigenvalue weighted by molar-refractivity contribution is 7.90. The number of piperidine rings is 1. The van der Waals surface area contributed by atoms with Crippen LogP contribution in [0.25, 0.3) is 11.0 Å². The molecule has 1 amide bonds. The van der Waals surface area contributed by atoms with Gasteiger partial charge in [-0.1, -0.05) is 24.3 Å². The molecule has 386 valence electrons. The molecule has 1 spiro atoms. The first-order valence-electron chi connectivity index (χ1n) is 26.0. The number of hydrogen-bond acceptors (Lipinski definition) is 15. The third kappa shape index (κ3) is 8.83. The van der Waals surface area contributed by atoms with Gasteiger partial charge in [0, 0.05) is 61.2 Å². The molecule has 3 aromatic carbocycles. The lowest BCUT2D eigenvalue weighted by Gasteiger charge is -2.59. The lowest BCUT2D eigenvalue weighted by molar-refractivity contribution is -0.384. The van der Waals surface area contributed by atoms with Crippen LogP contribution in [0, 0.1) is 28.4 Å². The van der Waals surface area contributed by atoms with Crippen molar-refractivity contribution < 1.29 is 42.2 Å². The Morgan fingerprint density at radius 3 is 2.55 bits per heavy atom. The van der Waals surface area contributed by atoms with Crippen LogP contribution in [0.4, 0.5) is 28.4 Å². The molecule has 0 radical (unpaired) electrons. The van der Waals surface area contributed by atoms with Crippen molar-refractivity contribution in [2.45, 2.75) is 125 Å². The number of fused-ring (bicyclic) bond motifs is 4. The van der Waals surface area contributed by atoms with Gasteiger partial charge in [-0.25, -0.2) is 13.1 Å². The lowest BCUT2D eigenvalue weighted by Crippen LogP contribution is -2.59. The third-order valence-corrected chi connectivity index (χ3v) is 18.6. The molecule has 2 aromatic heterocycles. The van der Waals surface area contributed by atoms with E-state index in [1.165, 1.54) is 17.2 Å². The molecule has 0 unspecified atom stereocenters. The Labute approximate surface area is 424 Å². The number of benzene rings is 3. The number of H-pyrrole nitrogens is 1. The molecule has 19 heteroatoms. The van der Waals surface area contributed by atoms with Crippen molar-refractivity contribution >= 4 is 55.4 Å². The van der Waals surface area contributed by atoms with Crippen molar-refractivity contribution in [3.63, 3.8) is 0 Å². The van der Waals surface area contributed by atoms with Crippen LogP contribution in [0.5, 0.6) is 11.6 Å². The van der Waals surface area contributed by atoms with Gasteiger partial charge in [-0.2, -0.15) is 4.98 Å². The fourth-order valence-corrected chi connectivity index (χ4v) is 14.4. The minimum absolute atomic E-state index is 0.00702. The largest absolute Gasteiger partial charge is 0.489 e. The van der Waals surface area contributed by atoms with Crippen molar-refractivity contribution in [1.29, 1.82) is 0 Å². The van der Waals surface area contributed by atoms with Crippen LogP contribution in [-0.2, 0) is 19.5 Å². The van der Waals surface area contributed by atoms with Crippen LogP contribution in [0.15, 0.2) is 77.8 Å². The number of ether oxygens (including phenoxy) is 4. The fourth-order valence-electron chi connectivity index (χ4n) is 13.4. The molecule has 5 fully saturated rings. The maximum absolute atomic E-state index is 14.9. The van der Waals surface area contributed by atoms with Crippen molar-refractivity contribution in [3.05, 3.63) is 99.7 Å². The van der Waals surface area contributed by atoms with Crippen LogP contribution in [0.3, 0.4) is 0 Å². The highest BCUT2D eigenvalue weighted by Gasteiger charge is 2.51. The molecule has 5 aliphatic heterocycles. The molecule has 73 heavy (non-hydrogen) atoms. The maximum atomic E-state index is 14.9. The molecule has 7 aliphatic rings. The summed E-state index contributed by atoms with van der Waals surface area (Å²) in [5, 5.41) is 27.2. The third-order valence-electron chi connectivity index (χ3n) is 17.3. The summed E-state index contributed by atoms with van der Waals surface area (Å²) in [6.45, 7) is 10.3. The van der Waals surface area contributed by atoms with E-state index in [4.69, 9.17) is 23.9 Å². The molecular formula is C54H64N8O10S. The lowest BCUT2D eigenvalue weighted by atomic mass is 9.58. The van der Waals surface area contributed by atoms with Gasteiger partial charge >= 0.3 is 0 Å². The Balaban J connectivity index is 0.847.